The van der Waals surface area contributed by atoms with Gasteiger partial charge in [0.2, 0.25) is 5.91 Å². The summed E-state index contributed by atoms with van der Waals surface area (Å²) in [5.41, 5.74) is 2.00. The van der Waals surface area contributed by atoms with E-state index in [0.717, 1.165) is 56.7 Å². The van der Waals surface area contributed by atoms with Crippen LogP contribution < -0.4 is 10.6 Å². The van der Waals surface area contributed by atoms with Crippen molar-refractivity contribution in [3.63, 3.8) is 0 Å². The SMILES string of the molecule is O=C(Nc1ccc(NC2CCCOCC2)cc1)C1CC1. The van der Waals surface area contributed by atoms with Crippen molar-refractivity contribution in [2.24, 2.45) is 5.92 Å². The zero-order chi connectivity index (χ0) is 13.8. The molecular weight excluding hydrogens is 252 g/mol. The van der Waals surface area contributed by atoms with Crippen LogP contribution in [-0.4, -0.2) is 25.2 Å². The van der Waals surface area contributed by atoms with Crippen molar-refractivity contribution < 1.29 is 9.53 Å². The van der Waals surface area contributed by atoms with Crippen LogP contribution in [0.25, 0.3) is 0 Å². The van der Waals surface area contributed by atoms with E-state index in [1.54, 1.807) is 0 Å². The number of rotatable bonds is 4. The standard InChI is InChI=1S/C16H22N2O2/c19-16(12-3-4-12)18-15-7-5-14(6-8-15)17-13-2-1-10-20-11-9-13/h5-8,12-13,17H,1-4,9-11H2,(H,18,19). The van der Waals surface area contributed by atoms with E-state index in [0.29, 0.717) is 6.04 Å². The van der Waals surface area contributed by atoms with Gasteiger partial charge in [0.25, 0.3) is 0 Å². The third-order valence-corrected chi connectivity index (χ3v) is 3.92. The van der Waals surface area contributed by atoms with Crippen LogP contribution in [-0.2, 0) is 9.53 Å². The van der Waals surface area contributed by atoms with Gasteiger partial charge in [-0.05, 0) is 56.4 Å². The van der Waals surface area contributed by atoms with Gasteiger partial charge in [0.15, 0.2) is 0 Å². The molecule has 1 atom stereocenters. The van der Waals surface area contributed by atoms with Gasteiger partial charge >= 0.3 is 0 Å². The molecule has 2 fully saturated rings. The number of nitrogens with one attached hydrogen (secondary N) is 2. The molecule has 4 heteroatoms. The van der Waals surface area contributed by atoms with Crippen LogP contribution in [0, 0.1) is 5.92 Å². The van der Waals surface area contributed by atoms with Crippen LogP contribution in [0.5, 0.6) is 0 Å². The molecule has 0 radical (unpaired) electrons. The Morgan fingerprint density at radius 1 is 1.00 bits per heavy atom. The summed E-state index contributed by atoms with van der Waals surface area (Å²) in [4.78, 5) is 11.7. The number of ether oxygens (including phenoxy) is 1. The lowest BCUT2D eigenvalue weighted by atomic mass is 10.1. The van der Waals surface area contributed by atoms with Crippen LogP contribution in [0.4, 0.5) is 11.4 Å². The Hall–Kier alpha value is -1.55. The summed E-state index contributed by atoms with van der Waals surface area (Å²) in [5.74, 6) is 0.408. The summed E-state index contributed by atoms with van der Waals surface area (Å²) >= 11 is 0. The average Bonchev–Trinajstić information content (AvgIpc) is 3.28. The molecule has 1 aliphatic carbocycles. The maximum atomic E-state index is 11.7. The monoisotopic (exact) mass is 274 g/mol. The molecule has 1 heterocycles. The maximum Gasteiger partial charge on any atom is 0.227 e. The summed E-state index contributed by atoms with van der Waals surface area (Å²) in [6.45, 7) is 1.72. The van der Waals surface area contributed by atoms with Gasteiger partial charge in [-0.3, -0.25) is 4.79 Å². The fourth-order valence-corrected chi connectivity index (χ4v) is 2.52. The quantitative estimate of drug-likeness (QED) is 0.887. The lowest BCUT2D eigenvalue weighted by Crippen LogP contribution is -2.19. The average molecular weight is 274 g/mol. The van der Waals surface area contributed by atoms with Crippen molar-refractivity contribution in [2.75, 3.05) is 23.8 Å². The largest absolute Gasteiger partial charge is 0.382 e. The minimum Gasteiger partial charge on any atom is -0.382 e. The van der Waals surface area contributed by atoms with Crippen LogP contribution in [0.1, 0.15) is 32.1 Å². The van der Waals surface area contributed by atoms with Crippen molar-refractivity contribution >= 4 is 17.3 Å². The van der Waals surface area contributed by atoms with Crippen molar-refractivity contribution in [3.05, 3.63) is 24.3 Å². The molecule has 1 aliphatic heterocycles. The highest BCUT2D eigenvalue weighted by Crippen LogP contribution is 2.30. The summed E-state index contributed by atoms with van der Waals surface area (Å²) in [6, 6.07) is 8.50. The Kier molecular flexibility index (Phi) is 4.21. The Morgan fingerprint density at radius 3 is 2.50 bits per heavy atom. The third-order valence-electron chi connectivity index (χ3n) is 3.92. The molecule has 2 aliphatic rings. The third kappa shape index (κ3) is 3.73. The zero-order valence-corrected chi connectivity index (χ0v) is 11.7. The first-order chi connectivity index (χ1) is 9.81. The Labute approximate surface area is 119 Å². The Balaban J connectivity index is 1.53. The predicted molar refractivity (Wildman–Crippen MR) is 79.9 cm³/mol. The van der Waals surface area contributed by atoms with Gasteiger partial charge in [-0.1, -0.05) is 0 Å². The number of carbonyl (C=O) groups is 1. The normalized spacial score (nSPS) is 22.9. The van der Waals surface area contributed by atoms with E-state index < -0.39 is 0 Å². The van der Waals surface area contributed by atoms with E-state index in [4.69, 9.17) is 4.74 Å². The van der Waals surface area contributed by atoms with E-state index in [1.807, 2.05) is 24.3 Å². The minimum absolute atomic E-state index is 0.159. The van der Waals surface area contributed by atoms with Crippen molar-refractivity contribution in [1.29, 1.82) is 0 Å². The fourth-order valence-electron chi connectivity index (χ4n) is 2.52. The van der Waals surface area contributed by atoms with E-state index in [-0.39, 0.29) is 11.8 Å². The van der Waals surface area contributed by atoms with Crippen molar-refractivity contribution in [3.8, 4) is 0 Å². The topological polar surface area (TPSA) is 50.4 Å². The summed E-state index contributed by atoms with van der Waals surface area (Å²) in [6.07, 6.45) is 5.40. The van der Waals surface area contributed by atoms with Crippen LogP contribution in [0.2, 0.25) is 0 Å². The molecule has 4 nitrogen and oxygen atoms in total. The molecule has 1 aromatic rings. The molecule has 0 aromatic heterocycles. The second-order valence-electron chi connectivity index (χ2n) is 5.73. The Morgan fingerprint density at radius 2 is 1.75 bits per heavy atom. The minimum atomic E-state index is 0.159. The van der Waals surface area contributed by atoms with Gasteiger partial charge in [-0.25, -0.2) is 0 Å². The smallest absolute Gasteiger partial charge is 0.227 e. The Bertz CT molecular complexity index is 446. The molecular formula is C16H22N2O2. The molecule has 1 saturated carbocycles. The lowest BCUT2D eigenvalue weighted by molar-refractivity contribution is -0.117. The molecule has 1 unspecified atom stereocenters. The summed E-state index contributed by atoms with van der Waals surface area (Å²) in [7, 11) is 0. The van der Waals surface area contributed by atoms with E-state index in [1.165, 1.54) is 0 Å². The number of amides is 1. The predicted octanol–water partition coefficient (Wildman–Crippen LogP) is 3.02. The van der Waals surface area contributed by atoms with Crippen LogP contribution in [0.3, 0.4) is 0 Å². The van der Waals surface area contributed by atoms with Gasteiger partial charge in [0.05, 0.1) is 0 Å². The number of benzene rings is 1. The van der Waals surface area contributed by atoms with Crippen molar-refractivity contribution in [1.82, 2.24) is 0 Å². The molecule has 1 saturated heterocycles. The second kappa shape index (κ2) is 6.27. The van der Waals surface area contributed by atoms with Gasteiger partial charge < -0.3 is 15.4 Å². The molecule has 2 N–H and O–H groups in total. The van der Waals surface area contributed by atoms with Gasteiger partial charge in [0.1, 0.15) is 0 Å². The maximum absolute atomic E-state index is 11.7. The van der Waals surface area contributed by atoms with Crippen LogP contribution in [0.15, 0.2) is 24.3 Å². The van der Waals surface area contributed by atoms with Gasteiger partial charge in [0, 0.05) is 36.5 Å². The molecule has 0 bridgehead atoms. The van der Waals surface area contributed by atoms with E-state index in [9.17, 15) is 4.79 Å². The van der Waals surface area contributed by atoms with Crippen LogP contribution >= 0.6 is 0 Å². The number of carbonyl (C=O) groups excluding carboxylic acids is 1. The first-order valence-corrected chi connectivity index (χ1v) is 7.56. The summed E-state index contributed by atoms with van der Waals surface area (Å²) < 4.78 is 5.47. The highest BCUT2D eigenvalue weighted by Gasteiger charge is 2.29. The van der Waals surface area contributed by atoms with Crippen molar-refractivity contribution in [2.45, 2.75) is 38.1 Å². The van der Waals surface area contributed by atoms with Gasteiger partial charge in [-0.2, -0.15) is 0 Å². The molecule has 108 valence electrons. The highest BCUT2D eigenvalue weighted by atomic mass is 16.5. The number of anilines is 2. The van der Waals surface area contributed by atoms with E-state index in [2.05, 4.69) is 10.6 Å². The first-order valence-electron chi connectivity index (χ1n) is 7.56. The number of hydrogen-bond acceptors (Lipinski definition) is 3. The lowest BCUT2D eigenvalue weighted by Gasteiger charge is -2.17. The highest BCUT2D eigenvalue weighted by molar-refractivity contribution is 5.94. The zero-order valence-electron chi connectivity index (χ0n) is 11.7. The second-order valence-corrected chi connectivity index (χ2v) is 5.73. The molecule has 3 rings (SSSR count). The number of hydrogen-bond donors (Lipinski definition) is 2. The molecule has 0 spiro atoms. The first kappa shape index (κ1) is 13.4. The molecule has 1 amide bonds. The molecule has 1 aromatic carbocycles. The summed E-state index contributed by atoms with van der Waals surface area (Å²) in [5, 5.41) is 6.50. The molecule has 20 heavy (non-hydrogen) atoms. The van der Waals surface area contributed by atoms with E-state index >= 15 is 0 Å². The van der Waals surface area contributed by atoms with Gasteiger partial charge in [-0.15, -0.1) is 0 Å². The fraction of sp³-hybridized carbons (Fsp3) is 0.562.